The Bertz CT molecular complexity index is 4010. The van der Waals surface area contributed by atoms with Crippen LogP contribution in [0.5, 0.6) is 0 Å². The number of anilines is 3. The number of nitrogens with zero attached hydrogens (tertiary/aromatic N) is 1. The minimum Gasteiger partial charge on any atom is -0.310 e. The van der Waals surface area contributed by atoms with Crippen LogP contribution in [0.2, 0.25) is 0 Å². The van der Waals surface area contributed by atoms with Crippen molar-refractivity contribution < 1.29 is 0 Å². The zero-order valence-electron chi connectivity index (χ0n) is 36.0. The van der Waals surface area contributed by atoms with Crippen molar-refractivity contribution in [1.29, 1.82) is 0 Å². The maximum absolute atomic E-state index is 2.46. The van der Waals surface area contributed by atoms with E-state index in [-0.39, 0.29) is 0 Å². The van der Waals surface area contributed by atoms with E-state index in [0.29, 0.717) is 0 Å². The minimum atomic E-state index is 1.09. The Kier molecular flexibility index (Phi) is 9.11. The molecule has 0 aliphatic rings. The van der Waals surface area contributed by atoms with E-state index in [0.717, 1.165) is 22.6 Å². The van der Waals surface area contributed by atoms with Crippen LogP contribution in [0.25, 0.3) is 108 Å². The van der Waals surface area contributed by atoms with E-state index in [4.69, 9.17) is 0 Å². The molecule has 0 saturated heterocycles. The van der Waals surface area contributed by atoms with Crippen molar-refractivity contribution in [3.63, 3.8) is 0 Å². The lowest BCUT2D eigenvalue weighted by Gasteiger charge is -2.27. The third kappa shape index (κ3) is 6.45. The highest BCUT2D eigenvalue weighted by Crippen LogP contribution is 2.46. The normalized spacial score (nSPS) is 11.6. The third-order valence-corrected chi connectivity index (χ3v) is 14.6. The highest BCUT2D eigenvalue weighted by Gasteiger charge is 2.20. The van der Waals surface area contributed by atoms with Crippen LogP contribution >= 0.6 is 11.3 Å². The van der Waals surface area contributed by atoms with E-state index in [9.17, 15) is 0 Å². The first-order valence-corrected chi connectivity index (χ1v) is 23.5. The molecular formula is C64H41NS. The molecular weight excluding hydrogens is 815 g/mol. The summed E-state index contributed by atoms with van der Waals surface area (Å²) < 4.78 is 2.62. The van der Waals surface area contributed by atoms with Crippen molar-refractivity contribution >= 4 is 91.7 Å². The van der Waals surface area contributed by atoms with Crippen LogP contribution in [0.15, 0.2) is 249 Å². The topological polar surface area (TPSA) is 3.24 Å². The van der Waals surface area contributed by atoms with Gasteiger partial charge in [0.1, 0.15) is 0 Å². The Morgan fingerprint density at radius 2 is 0.848 bits per heavy atom. The number of hydrogen-bond donors (Lipinski definition) is 0. The standard InChI is InChI=1S/C64H41NS/c1-2-16-43(17-3-1)60-40-50(32-35-54(60)48-30-29-42-15-4-5-19-45(42)37-48)65(51-33-36-63-62(41-51)59-34-31-44-18-6-9-25-55(44)64(59)66-63)49-22-14-21-46(38-49)52-24-10-11-27-57(52)61-39-47-20-7-8-23-53(47)56-26-12-13-28-58(56)61/h1-41H. The van der Waals surface area contributed by atoms with Crippen molar-refractivity contribution in [3.8, 4) is 44.5 Å². The molecule has 0 spiro atoms. The molecule has 13 rings (SSSR count). The number of benzene rings is 12. The number of fused-ring (bicyclic) bond motifs is 9. The summed E-state index contributed by atoms with van der Waals surface area (Å²) >= 11 is 1.89. The van der Waals surface area contributed by atoms with Crippen LogP contribution in [-0.4, -0.2) is 0 Å². The van der Waals surface area contributed by atoms with Gasteiger partial charge in [0.2, 0.25) is 0 Å². The molecule has 2 heteroatoms. The highest BCUT2D eigenvalue weighted by atomic mass is 32.1. The molecule has 12 aromatic carbocycles. The van der Waals surface area contributed by atoms with Crippen LogP contribution in [0, 0.1) is 0 Å². The molecule has 13 aromatic rings. The second-order valence-corrected chi connectivity index (χ2v) is 18.3. The monoisotopic (exact) mass is 855 g/mol. The molecule has 0 aliphatic heterocycles. The zero-order valence-corrected chi connectivity index (χ0v) is 36.8. The summed E-state index contributed by atoms with van der Waals surface area (Å²) in [7, 11) is 0. The zero-order chi connectivity index (χ0) is 43.6. The van der Waals surface area contributed by atoms with Crippen LogP contribution in [0.3, 0.4) is 0 Å². The van der Waals surface area contributed by atoms with Gasteiger partial charge in [-0.15, -0.1) is 11.3 Å². The molecule has 1 heterocycles. The summed E-state index contributed by atoms with van der Waals surface area (Å²) in [6.07, 6.45) is 0. The van der Waals surface area contributed by atoms with E-state index in [2.05, 4.69) is 254 Å². The second-order valence-electron chi connectivity index (χ2n) is 17.2. The molecule has 308 valence electrons. The summed E-state index contributed by atoms with van der Waals surface area (Å²) in [5.41, 5.74) is 12.9. The van der Waals surface area contributed by atoms with Gasteiger partial charge in [-0.3, -0.25) is 0 Å². The molecule has 0 N–H and O–H groups in total. The van der Waals surface area contributed by atoms with Crippen molar-refractivity contribution in [2.75, 3.05) is 4.90 Å². The predicted molar refractivity (Wildman–Crippen MR) is 286 cm³/mol. The van der Waals surface area contributed by atoms with Crippen molar-refractivity contribution in [1.82, 2.24) is 0 Å². The molecule has 0 aliphatic carbocycles. The Balaban J connectivity index is 1.02. The lowest BCUT2D eigenvalue weighted by atomic mass is 9.89. The molecule has 0 saturated carbocycles. The van der Waals surface area contributed by atoms with Crippen molar-refractivity contribution in [3.05, 3.63) is 249 Å². The Morgan fingerprint density at radius 3 is 1.71 bits per heavy atom. The molecule has 66 heavy (non-hydrogen) atoms. The smallest absolute Gasteiger partial charge is 0.0468 e. The molecule has 0 amide bonds. The van der Waals surface area contributed by atoms with Gasteiger partial charge in [0, 0.05) is 37.2 Å². The van der Waals surface area contributed by atoms with Gasteiger partial charge >= 0.3 is 0 Å². The fraction of sp³-hybridized carbons (Fsp3) is 0. The highest BCUT2D eigenvalue weighted by molar-refractivity contribution is 7.26. The molecule has 0 bridgehead atoms. The van der Waals surface area contributed by atoms with Crippen LogP contribution in [0.4, 0.5) is 17.1 Å². The first-order valence-electron chi connectivity index (χ1n) is 22.7. The summed E-state index contributed by atoms with van der Waals surface area (Å²) in [6.45, 7) is 0. The van der Waals surface area contributed by atoms with Crippen LogP contribution in [0.1, 0.15) is 0 Å². The fourth-order valence-corrected chi connectivity index (χ4v) is 11.5. The van der Waals surface area contributed by atoms with Gasteiger partial charge in [-0.25, -0.2) is 0 Å². The lowest BCUT2D eigenvalue weighted by molar-refractivity contribution is 1.29. The predicted octanol–water partition coefficient (Wildman–Crippen LogP) is 18.8. The molecule has 1 nitrogen and oxygen atoms in total. The maximum Gasteiger partial charge on any atom is 0.0468 e. The summed E-state index contributed by atoms with van der Waals surface area (Å²) in [5.74, 6) is 0. The van der Waals surface area contributed by atoms with E-state index in [1.165, 1.54) is 102 Å². The molecule has 1 aromatic heterocycles. The molecule has 0 radical (unpaired) electrons. The van der Waals surface area contributed by atoms with Gasteiger partial charge in [0.25, 0.3) is 0 Å². The largest absolute Gasteiger partial charge is 0.310 e. The lowest BCUT2D eigenvalue weighted by Crippen LogP contribution is -2.10. The Labute approximate surface area is 387 Å². The molecule has 0 unspecified atom stereocenters. The summed E-state index contributed by atoms with van der Waals surface area (Å²) in [6, 6.07) is 91.7. The number of thiophene rings is 1. The van der Waals surface area contributed by atoms with E-state index in [1.54, 1.807) is 0 Å². The maximum atomic E-state index is 2.46. The first-order chi connectivity index (χ1) is 32.7. The number of hydrogen-bond acceptors (Lipinski definition) is 2. The van der Waals surface area contributed by atoms with Crippen LogP contribution in [-0.2, 0) is 0 Å². The number of rotatable bonds is 7. The van der Waals surface area contributed by atoms with Gasteiger partial charge in [-0.2, -0.15) is 0 Å². The van der Waals surface area contributed by atoms with Crippen molar-refractivity contribution in [2.24, 2.45) is 0 Å². The average molecular weight is 856 g/mol. The van der Waals surface area contributed by atoms with E-state index < -0.39 is 0 Å². The molecule has 0 fully saturated rings. The Morgan fingerprint density at radius 1 is 0.242 bits per heavy atom. The van der Waals surface area contributed by atoms with Gasteiger partial charge in [-0.1, -0.05) is 194 Å². The summed E-state index contributed by atoms with van der Waals surface area (Å²) in [5, 5.41) is 12.6. The third-order valence-electron chi connectivity index (χ3n) is 13.4. The molecule has 0 atom stereocenters. The first kappa shape index (κ1) is 38.2. The van der Waals surface area contributed by atoms with Crippen molar-refractivity contribution in [2.45, 2.75) is 0 Å². The Hall–Kier alpha value is -8.30. The van der Waals surface area contributed by atoms with Gasteiger partial charge in [-0.05, 0) is 142 Å². The average Bonchev–Trinajstić information content (AvgIpc) is 3.77. The minimum absolute atomic E-state index is 1.09. The van der Waals surface area contributed by atoms with E-state index in [1.807, 2.05) is 11.3 Å². The SMILES string of the molecule is c1ccc(-c2cc(N(c3cccc(-c4ccccc4-c4cc5ccccc5c5ccccc45)c3)c3ccc4sc5c6ccccc6ccc5c4c3)ccc2-c2ccc3ccccc3c2)cc1. The fourth-order valence-electron chi connectivity index (χ4n) is 10.3. The summed E-state index contributed by atoms with van der Waals surface area (Å²) in [4.78, 5) is 2.46. The van der Waals surface area contributed by atoms with Gasteiger partial charge in [0.15, 0.2) is 0 Å². The van der Waals surface area contributed by atoms with E-state index >= 15 is 0 Å². The van der Waals surface area contributed by atoms with Crippen LogP contribution < -0.4 is 4.90 Å². The van der Waals surface area contributed by atoms with Gasteiger partial charge in [0.05, 0.1) is 0 Å². The van der Waals surface area contributed by atoms with Gasteiger partial charge < -0.3 is 4.90 Å². The quantitative estimate of drug-likeness (QED) is 0.144. The second kappa shape index (κ2) is 15.7.